The number of hydrogen-bond acceptors (Lipinski definition) is 7. The number of allylic oxidation sites excluding steroid dienone is 2. The summed E-state index contributed by atoms with van der Waals surface area (Å²) in [5, 5.41) is 3.81. The Labute approximate surface area is 229 Å². The molecule has 2 aliphatic heterocycles. The van der Waals surface area contributed by atoms with E-state index in [9.17, 15) is 9.59 Å². The lowest BCUT2D eigenvalue weighted by atomic mass is 9.87. The zero-order valence-electron chi connectivity index (χ0n) is 22.3. The van der Waals surface area contributed by atoms with Gasteiger partial charge < -0.3 is 14.6 Å². The van der Waals surface area contributed by atoms with Crippen LogP contribution in [0.1, 0.15) is 36.8 Å². The Morgan fingerprint density at radius 1 is 1.07 bits per heavy atom. The van der Waals surface area contributed by atoms with Crippen LogP contribution < -0.4 is 16.6 Å². The highest BCUT2D eigenvalue weighted by molar-refractivity contribution is 5.80. The quantitative estimate of drug-likeness (QED) is 0.340. The molecule has 40 heavy (non-hydrogen) atoms. The van der Waals surface area contributed by atoms with Crippen LogP contribution in [0, 0.1) is 0 Å². The summed E-state index contributed by atoms with van der Waals surface area (Å²) >= 11 is 0. The molecule has 0 atom stereocenters. The summed E-state index contributed by atoms with van der Waals surface area (Å²) in [6.45, 7) is 3.00. The molecule has 3 aromatic heterocycles. The molecule has 5 aromatic rings. The highest BCUT2D eigenvalue weighted by atomic mass is 16.4. The third-order valence-corrected chi connectivity index (χ3v) is 8.57. The Morgan fingerprint density at radius 2 is 1.98 bits per heavy atom. The lowest BCUT2D eigenvalue weighted by Gasteiger charge is -2.32. The van der Waals surface area contributed by atoms with Gasteiger partial charge in [-0.2, -0.15) is 4.98 Å². The summed E-state index contributed by atoms with van der Waals surface area (Å²) < 4.78 is 10.6. The fraction of sp³-hybridized carbons (Fsp3) is 0.333. The van der Waals surface area contributed by atoms with E-state index >= 15 is 0 Å². The predicted octanol–water partition coefficient (Wildman–Crippen LogP) is 4.06. The van der Waals surface area contributed by atoms with Gasteiger partial charge in [0.05, 0.1) is 17.7 Å². The molecule has 202 valence electrons. The predicted molar refractivity (Wildman–Crippen MR) is 153 cm³/mol. The van der Waals surface area contributed by atoms with Crippen LogP contribution >= 0.6 is 0 Å². The second-order valence-electron chi connectivity index (χ2n) is 11.4. The van der Waals surface area contributed by atoms with Gasteiger partial charge in [0.15, 0.2) is 11.2 Å². The molecule has 0 amide bonds. The Hall–Kier alpha value is -4.44. The Kier molecular flexibility index (Phi) is 5.00. The molecule has 1 saturated carbocycles. The average molecular weight is 536 g/mol. The van der Waals surface area contributed by atoms with E-state index in [2.05, 4.69) is 40.4 Å². The number of rotatable bonds is 2. The number of likely N-dealkylation sites (N-methyl/N-ethyl adjacent to an activating group) is 1. The second-order valence-corrected chi connectivity index (χ2v) is 11.4. The van der Waals surface area contributed by atoms with Crippen molar-refractivity contribution in [3.8, 4) is 5.69 Å². The molecular formula is C30H29N7O3. The van der Waals surface area contributed by atoms with Crippen LogP contribution in [-0.2, 0) is 25.0 Å². The molecule has 0 radical (unpaired) electrons. The van der Waals surface area contributed by atoms with Crippen molar-refractivity contribution in [1.29, 1.82) is 0 Å². The summed E-state index contributed by atoms with van der Waals surface area (Å²) in [6.07, 6.45) is 9.72. The van der Waals surface area contributed by atoms with Crippen LogP contribution in [0.15, 0.2) is 68.8 Å². The first-order valence-electron chi connectivity index (χ1n) is 13.9. The molecular weight excluding hydrogens is 506 g/mol. The maximum absolute atomic E-state index is 13.5. The standard InChI is InChI=1S/C30H29N7O3/c1-34-17-19-14-20(6-8-23(19)30(18-34)10-11-30)32-28-31-16-22-26(33-28)37-21-7-9-25-24(15-21)35(29(39)40-25)12-4-2-3-5-13-36(37)27(22)38/h3,5-9,14-16H,2,4,10-13,17-18H2,1H3,(H,31,32,33)/b5-3-. The number of fused-ring (bicyclic) bond motifs is 7. The molecule has 1 fully saturated rings. The van der Waals surface area contributed by atoms with Crippen molar-refractivity contribution in [2.75, 3.05) is 18.9 Å². The highest BCUT2D eigenvalue weighted by Gasteiger charge is 2.48. The van der Waals surface area contributed by atoms with Crippen molar-refractivity contribution in [1.82, 2.24) is 28.8 Å². The topological polar surface area (TPSA) is 103 Å². The molecule has 0 unspecified atom stereocenters. The van der Waals surface area contributed by atoms with Crippen molar-refractivity contribution < 1.29 is 4.42 Å². The van der Waals surface area contributed by atoms with Crippen molar-refractivity contribution in [3.63, 3.8) is 0 Å². The first-order valence-corrected chi connectivity index (χ1v) is 13.9. The molecule has 2 bridgehead atoms. The van der Waals surface area contributed by atoms with Gasteiger partial charge >= 0.3 is 5.76 Å². The monoisotopic (exact) mass is 535 g/mol. The largest absolute Gasteiger partial charge is 0.419 e. The van der Waals surface area contributed by atoms with Gasteiger partial charge in [-0.05, 0) is 74.2 Å². The molecule has 1 N–H and O–H groups in total. The number of aromatic nitrogens is 5. The number of nitrogens with zero attached hydrogens (tertiary/aromatic N) is 6. The van der Waals surface area contributed by atoms with Crippen LogP contribution in [0.4, 0.5) is 11.6 Å². The van der Waals surface area contributed by atoms with Gasteiger partial charge in [0.25, 0.3) is 5.56 Å². The van der Waals surface area contributed by atoms with Crippen LogP contribution in [0.3, 0.4) is 0 Å². The van der Waals surface area contributed by atoms with Gasteiger partial charge in [-0.15, -0.1) is 0 Å². The summed E-state index contributed by atoms with van der Waals surface area (Å²) in [5.74, 6) is 0.0437. The molecule has 8 rings (SSSR count). The van der Waals surface area contributed by atoms with Crippen LogP contribution in [0.2, 0.25) is 0 Å². The number of hydrogen-bond donors (Lipinski definition) is 1. The zero-order valence-corrected chi connectivity index (χ0v) is 22.3. The number of anilines is 2. The zero-order chi connectivity index (χ0) is 27.0. The summed E-state index contributed by atoms with van der Waals surface area (Å²) in [7, 11) is 2.18. The maximum Gasteiger partial charge on any atom is 0.419 e. The average Bonchev–Trinajstić information content (AvgIpc) is 3.54. The molecule has 2 aromatic carbocycles. The Morgan fingerprint density at radius 3 is 2.85 bits per heavy atom. The lowest BCUT2D eigenvalue weighted by molar-refractivity contribution is 0.271. The van der Waals surface area contributed by atoms with Crippen molar-refractivity contribution >= 4 is 33.8 Å². The molecule has 5 heterocycles. The minimum absolute atomic E-state index is 0.167. The van der Waals surface area contributed by atoms with Gasteiger partial charge in [-0.25, -0.2) is 19.1 Å². The van der Waals surface area contributed by atoms with Gasteiger partial charge in [-0.3, -0.25) is 9.36 Å². The first-order chi connectivity index (χ1) is 19.5. The van der Waals surface area contributed by atoms with Crippen molar-refractivity contribution in [2.45, 2.75) is 50.7 Å². The van der Waals surface area contributed by atoms with E-state index in [0.717, 1.165) is 37.3 Å². The minimum Gasteiger partial charge on any atom is -0.408 e. The van der Waals surface area contributed by atoms with E-state index < -0.39 is 0 Å². The summed E-state index contributed by atoms with van der Waals surface area (Å²) in [6, 6.07) is 12.1. The highest BCUT2D eigenvalue weighted by Crippen LogP contribution is 2.52. The second kappa shape index (κ2) is 8.53. The molecule has 3 aliphatic rings. The van der Waals surface area contributed by atoms with Gasteiger partial charge in [-0.1, -0.05) is 18.2 Å². The van der Waals surface area contributed by atoms with E-state index in [1.165, 1.54) is 24.0 Å². The van der Waals surface area contributed by atoms with Crippen LogP contribution in [-0.4, -0.2) is 42.4 Å². The third-order valence-electron chi connectivity index (χ3n) is 8.57. The fourth-order valence-electron chi connectivity index (χ4n) is 6.54. The molecule has 10 nitrogen and oxygen atoms in total. The number of nitrogens with one attached hydrogen (secondary N) is 1. The normalized spacial score (nSPS) is 18.8. The molecule has 0 saturated heterocycles. The van der Waals surface area contributed by atoms with Crippen LogP contribution in [0.5, 0.6) is 0 Å². The SMILES string of the molecule is CN1Cc2cc(Nc3ncc4c(=O)n5n(c4n3)-c3ccc4oc(=O)n(c4c3)CCC/C=C\C5)ccc2C2(CC2)C1. The lowest BCUT2D eigenvalue weighted by Crippen LogP contribution is -2.35. The van der Waals surface area contributed by atoms with Crippen molar-refractivity contribution in [2.24, 2.45) is 0 Å². The minimum atomic E-state index is -0.374. The number of aryl methyl sites for hydroxylation is 1. The maximum atomic E-state index is 13.5. The number of benzene rings is 2. The summed E-state index contributed by atoms with van der Waals surface area (Å²) in [5.41, 5.74) is 6.33. The van der Waals surface area contributed by atoms with E-state index in [0.29, 0.717) is 46.6 Å². The van der Waals surface area contributed by atoms with Gasteiger partial charge in [0.2, 0.25) is 5.95 Å². The Balaban J connectivity index is 1.25. The molecule has 1 aliphatic carbocycles. The third kappa shape index (κ3) is 3.59. The van der Waals surface area contributed by atoms with Gasteiger partial charge in [0, 0.05) is 36.9 Å². The number of oxazole rings is 1. The molecule has 1 spiro atoms. The van der Waals surface area contributed by atoms with Crippen molar-refractivity contribution in [3.05, 3.63) is 86.8 Å². The van der Waals surface area contributed by atoms with E-state index in [1.54, 1.807) is 21.5 Å². The van der Waals surface area contributed by atoms with E-state index in [4.69, 9.17) is 9.40 Å². The summed E-state index contributed by atoms with van der Waals surface area (Å²) in [4.78, 5) is 37.8. The smallest absolute Gasteiger partial charge is 0.408 e. The van der Waals surface area contributed by atoms with Gasteiger partial charge in [0.1, 0.15) is 5.39 Å². The van der Waals surface area contributed by atoms with E-state index in [1.807, 2.05) is 29.0 Å². The van der Waals surface area contributed by atoms with Crippen LogP contribution in [0.25, 0.3) is 27.8 Å². The fourth-order valence-corrected chi connectivity index (χ4v) is 6.54. The molecule has 10 heteroatoms. The first kappa shape index (κ1) is 23.4. The van der Waals surface area contributed by atoms with E-state index in [-0.39, 0.29) is 11.3 Å². The Bertz CT molecular complexity index is 1970.